The van der Waals surface area contributed by atoms with E-state index in [1.165, 1.54) is 30.6 Å². The Bertz CT molecular complexity index is 844. The number of hydrogen-bond donors (Lipinski definition) is 4. The van der Waals surface area contributed by atoms with E-state index in [9.17, 15) is 15.3 Å². The summed E-state index contributed by atoms with van der Waals surface area (Å²) in [5.41, 5.74) is 1.19. The summed E-state index contributed by atoms with van der Waals surface area (Å²) < 4.78 is 17.2. The second kappa shape index (κ2) is 13.4. The maximum atomic E-state index is 9.74. The van der Waals surface area contributed by atoms with E-state index >= 15 is 0 Å². The van der Waals surface area contributed by atoms with Crippen LogP contribution in [0.2, 0.25) is 0 Å². The number of rotatable bonds is 3. The summed E-state index contributed by atoms with van der Waals surface area (Å²) >= 11 is -2.51. The molecular weight excluding hydrogens is 584 g/mol. The first-order chi connectivity index (χ1) is 12.7. The predicted octanol–water partition coefficient (Wildman–Crippen LogP) is 2.07. The fraction of sp³-hybridized carbons (Fsp3) is 0.125. The van der Waals surface area contributed by atoms with Crippen molar-refractivity contribution in [2.24, 2.45) is 10.2 Å². The van der Waals surface area contributed by atoms with Crippen LogP contribution in [0.5, 0.6) is 11.5 Å². The quantitative estimate of drug-likeness (QED) is 0.179. The van der Waals surface area contributed by atoms with Crippen LogP contribution in [0.3, 0.4) is 0 Å². The van der Waals surface area contributed by atoms with Crippen molar-refractivity contribution in [1.82, 2.24) is 4.98 Å². The number of nitrogens with zero attached hydrogens (tertiary/aromatic N) is 3. The Morgan fingerprint density at radius 2 is 1.52 bits per heavy atom. The molecule has 0 radical (unpaired) electrons. The Morgan fingerprint density at radius 3 is 2.04 bits per heavy atom. The van der Waals surface area contributed by atoms with E-state index in [4.69, 9.17) is 14.4 Å². The van der Waals surface area contributed by atoms with E-state index in [-0.39, 0.29) is 17.4 Å². The molecule has 1 heterocycles. The Hall–Kier alpha value is -2.77. The van der Waals surface area contributed by atoms with Gasteiger partial charge in [0, 0.05) is 30.4 Å². The minimum atomic E-state index is -2.51. The molecule has 27 heavy (non-hydrogen) atoms. The van der Waals surface area contributed by atoms with Gasteiger partial charge in [0.25, 0.3) is 5.97 Å². The Morgan fingerprint density at radius 1 is 1.00 bits per heavy atom. The molecule has 0 fully saturated rings. The standard InChI is InChI=1S/C14H13N3O3.C2H4O2.2O.U/c1-9(12-8-11(18)2-3-13(12)19)16-17-14(20)10-4-6-15-7-5-10;1-2(3)4;;;/h2-8,18-19H,1H3,(H,17,20);1H3,(H,3,4);;;/b16-9+;;;;. The maximum absolute atomic E-state index is 9.74. The summed E-state index contributed by atoms with van der Waals surface area (Å²) in [6, 6.07) is 7.28. The number of aliphatic carboxylic acids is 1. The summed E-state index contributed by atoms with van der Waals surface area (Å²) in [6.45, 7) is 2.69. The van der Waals surface area contributed by atoms with E-state index in [0.717, 1.165) is 6.92 Å². The van der Waals surface area contributed by atoms with Gasteiger partial charge in [-0.2, -0.15) is 5.10 Å². The van der Waals surface area contributed by atoms with Crippen LogP contribution >= 0.6 is 0 Å². The molecule has 0 unspecified atom stereocenters. The third kappa shape index (κ3) is 10.7. The summed E-state index contributed by atoms with van der Waals surface area (Å²) in [7, 11) is 0. The number of benzene rings is 1. The zero-order valence-corrected chi connectivity index (χ0v) is 18.6. The fourth-order valence-electron chi connectivity index (χ4n) is 1.55. The molecule has 1 aromatic carbocycles. The van der Waals surface area contributed by atoms with Gasteiger partial charge in [-0.05, 0) is 37.3 Å². The number of phenolic OH excluding ortho intramolecular Hbond substituents is 2. The van der Waals surface area contributed by atoms with E-state index in [1.54, 1.807) is 19.1 Å². The summed E-state index contributed by atoms with van der Waals surface area (Å²) in [5.74, 6) is -1.11. The molecule has 0 aliphatic rings. The van der Waals surface area contributed by atoms with Crippen molar-refractivity contribution < 1.29 is 57.5 Å². The van der Waals surface area contributed by atoms with Gasteiger partial charge < -0.3 is 20.4 Å². The van der Waals surface area contributed by atoms with Crippen molar-refractivity contribution >= 4 is 17.6 Å². The van der Waals surface area contributed by atoms with E-state index in [0.29, 0.717) is 16.8 Å². The second-order valence-electron chi connectivity index (χ2n) is 4.65. The number of carboxylic acids is 1. The molecule has 4 N–H and O–H groups in total. The molecule has 0 spiro atoms. The van der Waals surface area contributed by atoms with Gasteiger partial charge in [0.05, 0.1) is 5.71 Å². The molecule has 0 amide bonds. The zero-order valence-electron chi connectivity index (χ0n) is 14.4. The summed E-state index contributed by atoms with van der Waals surface area (Å²) in [6.07, 6.45) is 3.05. The fourth-order valence-corrected chi connectivity index (χ4v) is 1.55. The first-order valence-electron chi connectivity index (χ1n) is 7.15. The van der Waals surface area contributed by atoms with Crippen molar-refractivity contribution in [3.05, 3.63) is 53.9 Å². The average molecular weight is 601 g/mol. The van der Waals surface area contributed by atoms with Crippen molar-refractivity contribution in [1.29, 1.82) is 0 Å². The first kappa shape index (κ1) is 24.2. The molecule has 0 bridgehead atoms. The van der Waals surface area contributed by atoms with Crippen LogP contribution < -0.4 is 0 Å². The van der Waals surface area contributed by atoms with Crippen LogP contribution in [0.25, 0.3) is 0 Å². The van der Waals surface area contributed by atoms with Crippen LogP contribution in [-0.2, 0) is 9.27 Å². The molecule has 0 saturated carbocycles. The van der Waals surface area contributed by atoms with Gasteiger partial charge in [-0.25, -0.2) is 0 Å². The number of phenols is 2. The number of carbonyl (C=O) groups is 1. The van der Waals surface area contributed by atoms with Crippen molar-refractivity contribution in [3.8, 4) is 11.5 Å². The van der Waals surface area contributed by atoms with Crippen molar-refractivity contribution in [2.75, 3.05) is 0 Å². The Kier molecular flexibility index (Phi) is 12.1. The molecular formula is C16H17N3O7U. The number of aliphatic hydroxyl groups is 1. The van der Waals surface area contributed by atoms with E-state index in [2.05, 4.69) is 15.2 Å². The summed E-state index contributed by atoms with van der Waals surface area (Å²) in [5, 5.41) is 43.7. The Labute approximate surface area is 169 Å². The third-order valence-electron chi connectivity index (χ3n) is 2.60. The molecule has 2 aromatic rings. The first-order valence-corrected chi connectivity index (χ1v) is 10.6. The number of aromatic nitrogens is 1. The predicted molar refractivity (Wildman–Crippen MR) is 90.1 cm³/mol. The molecule has 0 aliphatic carbocycles. The molecule has 0 saturated heterocycles. The van der Waals surface area contributed by atoms with Gasteiger partial charge in [0.15, 0.2) is 0 Å². The molecule has 11 heteroatoms. The second-order valence-corrected chi connectivity index (χ2v) is 5.34. The molecule has 0 atom stereocenters. The molecule has 2 rings (SSSR count). The molecule has 0 aliphatic heterocycles. The number of aliphatic hydroxyl groups excluding tert-OH is 1. The van der Waals surface area contributed by atoms with E-state index in [1.807, 2.05) is 0 Å². The average Bonchev–Trinajstić information content (AvgIpc) is 2.62. The van der Waals surface area contributed by atoms with Crippen LogP contribution in [-0.4, -0.2) is 43.0 Å². The third-order valence-corrected chi connectivity index (χ3v) is 2.60. The SMILES string of the molecule is C/C(=N\N=C(/O)c1ccncc1)c1cc(O)ccc1O.CC(=O)O.[O]=[U]=[O]. The number of aromatic hydroxyl groups is 2. The monoisotopic (exact) mass is 601 g/mol. The van der Waals surface area contributed by atoms with Crippen LogP contribution in [0.15, 0.2) is 52.9 Å². The van der Waals surface area contributed by atoms with Gasteiger partial charge in [0.2, 0.25) is 5.90 Å². The molecule has 142 valence electrons. The van der Waals surface area contributed by atoms with Crippen LogP contribution in [0, 0.1) is 27.8 Å². The minimum absolute atomic E-state index is 0.00897. The van der Waals surface area contributed by atoms with Crippen molar-refractivity contribution in [3.63, 3.8) is 0 Å². The van der Waals surface area contributed by atoms with Crippen LogP contribution in [0.1, 0.15) is 25.0 Å². The zero-order chi connectivity index (χ0) is 20.8. The molecule has 10 nitrogen and oxygen atoms in total. The number of pyridine rings is 1. The summed E-state index contributed by atoms with van der Waals surface area (Å²) in [4.78, 5) is 12.8. The van der Waals surface area contributed by atoms with Gasteiger partial charge in [-0.15, -0.1) is 5.10 Å². The number of hydrogen-bond acceptors (Lipinski definition) is 8. The van der Waals surface area contributed by atoms with Gasteiger partial charge in [-0.3, -0.25) is 9.78 Å². The van der Waals surface area contributed by atoms with Gasteiger partial charge in [-0.1, -0.05) is 0 Å². The van der Waals surface area contributed by atoms with Crippen LogP contribution in [0.4, 0.5) is 0 Å². The van der Waals surface area contributed by atoms with Gasteiger partial charge >= 0.3 is 32.3 Å². The normalized spacial score (nSPS) is 10.4. The number of carboxylic acid groups (broad SMARTS) is 1. The topological polar surface area (TPSA) is 170 Å². The van der Waals surface area contributed by atoms with Crippen molar-refractivity contribution in [2.45, 2.75) is 13.8 Å². The van der Waals surface area contributed by atoms with E-state index < -0.39 is 33.8 Å². The molecule has 1 aromatic heterocycles. The Balaban J connectivity index is 0.000000836. The van der Waals surface area contributed by atoms with Gasteiger partial charge in [0.1, 0.15) is 11.5 Å².